The number of hydrogen-bond acceptors (Lipinski definition) is 2. The van der Waals surface area contributed by atoms with E-state index in [4.69, 9.17) is 0 Å². The molecule has 0 saturated carbocycles. The van der Waals surface area contributed by atoms with Crippen LogP contribution in [0, 0.1) is 11.3 Å². The first kappa shape index (κ1) is 19.6. The maximum Gasteiger partial charge on any atom is 0.220 e. The Labute approximate surface area is 163 Å². The normalized spacial score (nSPS) is 16.2. The molecule has 2 aromatic rings. The second-order valence-electron chi connectivity index (χ2n) is 8.29. The van der Waals surface area contributed by atoms with Crippen molar-refractivity contribution >= 4 is 5.91 Å². The van der Waals surface area contributed by atoms with Gasteiger partial charge in [0.15, 0.2) is 0 Å². The average Bonchev–Trinajstić information content (AvgIpc) is 2.69. The summed E-state index contributed by atoms with van der Waals surface area (Å²) in [6.45, 7) is 5.18. The fraction of sp³-hybridized carbons (Fsp3) is 0.458. The van der Waals surface area contributed by atoms with E-state index in [1.807, 2.05) is 12.1 Å². The van der Waals surface area contributed by atoms with Crippen LogP contribution in [0.25, 0.3) is 0 Å². The highest BCUT2D eigenvalue weighted by molar-refractivity contribution is 5.76. The molecule has 0 radical (unpaired) electrons. The largest absolute Gasteiger partial charge is 0.356 e. The number of piperidine rings is 1. The van der Waals surface area contributed by atoms with E-state index < -0.39 is 0 Å². The first-order valence-electron chi connectivity index (χ1n) is 10.2. The van der Waals surface area contributed by atoms with Crippen LogP contribution in [0.3, 0.4) is 0 Å². The highest BCUT2D eigenvalue weighted by atomic mass is 16.1. The van der Waals surface area contributed by atoms with E-state index >= 15 is 0 Å². The van der Waals surface area contributed by atoms with E-state index in [-0.39, 0.29) is 11.3 Å². The fourth-order valence-corrected chi connectivity index (χ4v) is 3.96. The molecule has 0 bridgehead atoms. The monoisotopic (exact) mass is 364 g/mol. The van der Waals surface area contributed by atoms with E-state index in [0.717, 1.165) is 45.3 Å². The second-order valence-corrected chi connectivity index (χ2v) is 8.29. The van der Waals surface area contributed by atoms with Gasteiger partial charge in [-0.2, -0.15) is 0 Å². The van der Waals surface area contributed by atoms with Crippen LogP contribution in [0.5, 0.6) is 0 Å². The SMILES string of the molecule is CC1(CNC(=O)CC(Cc2ccccc2)Cc2ccccc2)CCNCC1. The summed E-state index contributed by atoms with van der Waals surface area (Å²) in [7, 11) is 0. The van der Waals surface area contributed by atoms with Crippen LogP contribution in [0.4, 0.5) is 0 Å². The van der Waals surface area contributed by atoms with Crippen LogP contribution in [0.2, 0.25) is 0 Å². The van der Waals surface area contributed by atoms with Crippen LogP contribution < -0.4 is 10.6 Å². The van der Waals surface area contributed by atoms with Crippen molar-refractivity contribution in [2.24, 2.45) is 11.3 Å². The smallest absolute Gasteiger partial charge is 0.220 e. The van der Waals surface area contributed by atoms with Gasteiger partial charge in [0.2, 0.25) is 5.91 Å². The number of amides is 1. The van der Waals surface area contributed by atoms with Gasteiger partial charge in [0.05, 0.1) is 0 Å². The van der Waals surface area contributed by atoms with E-state index in [1.54, 1.807) is 0 Å². The van der Waals surface area contributed by atoms with Gasteiger partial charge in [-0.25, -0.2) is 0 Å². The zero-order valence-corrected chi connectivity index (χ0v) is 16.4. The Kier molecular flexibility index (Phi) is 7.05. The van der Waals surface area contributed by atoms with Crippen molar-refractivity contribution in [1.29, 1.82) is 0 Å². The van der Waals surface area contributed by atoms with E-state index in [1.165, 1.54) is 11.1 Å². The number of carbonyl (C=O) groups is 1. The predicted octanol–water partition coefficient (Wildman–Crippen LogP) is 3.98. The lowest BCUT2D eigenvalue weighted by atomic mass is 9.81. The summed E-state index contributed by atoms with van der Waals surface area (Å²) >= 11 is 0. The Morgan fingerprint density at radius 3 is 2.00 bits per heavy atom. The van der Waals surface area contributed by atoms with Gasteiger partial charge in [-0.15, -0.1) is 0 Å². The third-order valence-electron chi connectivity index (χ3n) is 5.73. The molecule has 3 heteroatoms. The molecule has 0 atom stereocenters. The molecule has 1 aliphatic heterocycles. The van der Waals surface area contributed by atoms with E-state index in [0.29, 0.717) is 12.3 Å². The van der Waals surface area contributed by atoms with Gasteiger partial charge >= 0.3 is 0 Å². The highest BCUT2D eigenvalue weighted by Gasteiger charge is 2.27. The average molecular weight is 365 g/mol. The summed E-state index contributed by atoms with van der Waals surface area (Å²) in [4.78, 5) is 12.7. The summed E-state index contributed by atoms with van der Waals surface area (Å²) in [5, 5.41) is 6.63. The van der Waals surface area contributed by atoms with E-state index in [9.17, 15) is 4.79 Å². The topological polar surface area (TPSA) is 41.1 Å². The first-order valence-corrected chi connectivity index (χ1v) is 10.2. The van der Waals surface area contributed by atoms with Crippen molar-refractivity contribution in [2.75, 3.05) is 19.6 Å². The van der Waals surface area contributed by atoms with Crippen LogP contribution in [0.15, 0.2) is 60.7 Å². The molecular weight excluding hydrogens is 332 g/mol. The summed E-state index contributed by atoms with van der Waals surface area (Å²) < 4.78 is 0. The molecule has 0 aromatic heterocycles. The predicted molar refractivity (Wildman–Crippen MR) is 112 cm³/mol. The maximum absolute atomic E-state index is 12.7. The lowest BCUT2D eigenvalue weighted by Gasteiger charge is -2.34. The van der Waals surface area contributed by atoms with Crippen molar-refractivity contribution in [3.05, 3.63) is 71.8 Å². The molecule has 1 saturated heterocycles. The third-order valence-corrected chi connectivity index (χ3v) is 5.73. The number of hydrogen-bond donors (Lipinski definition) is 2. The van der Waals surface area contributed by atoms with Crippen molar-refractivity contribution in [2.45, 2.75) is 39.0 Å². The molecular formula is C24H32N2O. The number of rotatable bonds is 8. The lowest BCUT2D eigenvalue weighted by Crippen LogP contribution is -2.43. The molecule has 0 aliphatic carbocycles. The van der Waals surface area contributed by atoms with Gasteiger partial charge in [0.25, 0.3) is 0 Å². The minimum absolute atomic E-state index is 0.187. The molecule has 2 aromatic carbocycles. The Bertz CT molecular complexity index is 651. The number of carbonyl (C=O) groups excluding carboxylic acids is 1. The van der Waals surface area contributed by atoms with Crippen LogP contribution in [0.1, 0.15) is 37.3 Å². The molecule has 3 rings (SSSR count). The van der Waals surface area contributed by atoms with Gasteiger partial charge in [0.1, 0.15) is 0 Å². The van der Waals surface area contributed by atoms with Crippen molar-refractivity contribution in [1.82, 2.24) is 10.6 Å². The third kappa shape index (κ3) is 6.51. The standard InChI is InChI=1S/C24H32N2O/c1-24(12-14-25-15-13-24)19-26-23(27)18-22(16-20-8-4-2-5-9-20)17-21-10-6-3-7-11-21/h2-11,22,25H,12-19H2,1H3,(H,26,27). The van der Waals surface area contributed by atoms with Crippen molar-refractivity contribution in [3.63, 3.8) is 0 Å². The quantitative estimate of drug-likeness (QED) is 0.744. The minimum Gasteiger partial charge on any atom is -0.356 e. The van der Waals surface area contributed by atoms with Gasteiger partial charge < -0.3 is 10.6 Å². The Morgan fingerprint density at radius 1 is 0.963 bits per heavy atom. The zero-order valence-electron chi connectivity index (χ0n) is 16.4. The molecule has 0 spiro atoms. The Morgan fingerprint density at radius 2 is 1.48 bits per heavy atom. The Balaban J connectivity index is 1.58. The molecule has 2 N–H and O–H groups in total. The van der Waals surface area contributed by atoms with Gasteiger partial charge in [-0.1, -0.05) is 67.6 Å². The van der Waals surface area contributed by atoms with Gasteiger partial charge in [-0.3, -0.25) is 4.79 Å². The molecule has 144 valence electrons. The molecule has 1 heterocycles. The van der Waals surface area contributed by atoms with Crippen LogP contribution >= 0.6 is 0 Å². The fourth-order valence-electron chi connectivity index (χ4n) is 3.96. The Hall–Kier alpha value is -2.13. The van der Waals surface area contributed by atoms with Gasteiger partial charge in [0, 0.05) is 13.0 Å². The lowest BCUT2D eigenvalue weighted by molar-refractivity contribution is -0.122. The summed E-state index contributed by atoms with van der Waals surface area (Å²) in [6, 6.07) is 21.0. The summed E-state index contributed by atoms with van der Waals surface area (Å²) in [6.07, 6.45) is 4.71. The summed E-state index contributed by atoms with van der Waals surface area (Å²) in [5.74, 6) is 0.502. The minimum atomic E-state index is 0.187. The number of benzene rings is 2. The van der Waals surface area contributed by atoms with Crippen LogP contribution in [-0.4, -0.2) is 25.5 Å². The summed E-state index contributed by atoms with van der Waals surface area (Å²) in [5.41, 5.74) is 2.84. The van der Waals surface area contributed by atoms with Gasteiger partial charge in [-0.05, 0) is 61.2 Å². The van der Waals surface area contributed by atoms with Crippen molar-refractivity contribution < 1.29 is 4.79 Å². The molecule has 3 nitrogen and oxygen atoms in total. The zero-order chi connectivity index (χ0) is 19.0. The molecule has 1 amide bonds. The molecule has 1 fully saturated rings. The molecule has 27 heavy (non-hydrogen) atoms. The maximum atomic E-state index is 12.7. The van der Waals surface area contributed by atoms with E-state index in [2.05, 4.69) is 66.1 Å². The van der Waals surface area contributed by atoms with Crippen LogP contribution in [-0.2, 0) is 17.6 Å². The number of nitrogens with one attached hydrogen (secondary N) is 2. The molecule has 1 aliphatic rings. The first-order chi connectivity index (χ1) is 13.1. The van der Waals surface area contributed by atoms with Crippen molar-refractivity contribution in [3.8, 4) is 0 Å². The second kappa shape index (κ2) is 9.70. The highest BCUT2D eigenvalue weighted by Crippen LogP contribution is 2.27. The molecule has 0 unspecified atom stereocenters.